The lowest BCUT2D eigenvalue weighted by Crippen LogP contribution is -2.36. The molecule has 7 heteroatoms. The van der Waals surface area contributed by atoms with Crippen LogP contribution in [0.3, 0.4) is 0 Å². The van der Waals surface area contributed by atoms with Crippen LogP contribution in [0.2, 0.25) is 0 Å². The van der Waals surface area contributed by atoms with Gasteiger partial charge in [-0.1, -0.05) is 6.92 Å². The Hall–Kier alpha value is -2.41. The van der Waals surface area contributed by atoms with Crippen LogP contribution in [0, 0.1) is 0 Å². The molecule has 0 saturated carbocycles. The number of rotatable bonds is 8. The third-order valence-electron chi connectivity index (χ3n) is 3.95. The third kappa shape index (κ3) is 4.82. The Morgan fingerprint density at radius 3 is 2.19 bits per heavy atom. The molecule has 1 aromatic carbocycles. The molecule has 1 aromatic heterocycles. The monoisotopic (exact) mass is 377 g/mol. The minimum atomic E-state index is 0.549. The van der Waals surface area contributed by atoms with E-state index in [-0.39, 0.29) is 0 Å². The second kappa shape index (κ2) is 9.91. The minimum absolute atomic E-state index is 0.549. The van der Waals surface area contributed by atoms with Crippen molar-refractivity contribution in [3.05, 3.63) is 39.6 Å². The van der Waals surface area contributed by atoms with E-state index in [4.69, 9.17) is 14.2 Å². The molecular weight excluding hydrogens is 350 g/mol. The zero-order chi connectivity index (χ0) is 18.9. The van der Waals surface area contributed by atoms with Crippen LogP contribution in [-0.2, 0) is 19.5 Å². The number of methoxy groups -OCH3 is 3. The van der Waals surface area contributed by atoms with Gasteiger partial charge in [0.2, 0.25) is 5.75 Å². The highest BCUT2D eigenvalue weighted by atomic mass is 32.1. The van der Waals surface area contributed by atoms with Gasteiger partial charge < -0.3 is 24.8 Å². The quantitative estimate of drug-likeness (QED) is 0.546. The first-order chi connectivity index (χ1) is 12.7. The average Bonchev–Trinajstić information content (AvgIpc) is 3.15. The fraction of sp³-hybridized carbons (Fsp3) is 0.421. The van der Waals surface area contributed by atoms with E-state index in [2.05, 4.69) is 34.7 Å². The van der Waals surface area contributed by atoms with Crippen molar-refractivity contribution >= 4 is 17.3 Å². The highest BCUT2D eigenvalue weighted by Crippen LogP contribution is 2.39. The number of thiophene rings is 1. The summed E-state index contributed by atoms with van der Waals surface area (Å²) in [6.07, 6.45) is 1.07. The Bertz CT molecular complexity index is 744. The van der Waals surface area contributed by atoms with Crippen molar-refractivity contribution in [3.8, 4) is 17.2 Å². The Morgan fingerprint density at radius 1 is 0.923 bits per heavy atom. The van der Waals surface area contributed by atoms with Crippen molar-refractivity contribution in [2.45, 2.75) is 26.4 Å². The Balaban J connectivity index is 2.01. The highest BCUT2D eigenvalue weighted by molar-refractivity contribution is 7.11. The fourth-order valence-corrected chi connectivity index (χ4v) is 3.48. The van der Waals surface area contributed by atoms with Crippen LogP contribution in [0.5, 0.6) is 17.2 Å². The first-order valence-electron chi connectivity index (χ1n) is 8.46. The van der Waals surface area contributed by atoms with Crippen LogP contribution in [-0.4, -0.2) is 34.3 Å². The van der Waals surface area contributed by atoms with Crippen molar-refractivity contribution in [1.82, 2.24) is 10.6 Å². The standard InChI is InChI=1S/C19H27N3O3S/c1-6-14-8-9-15(26-14)12-22-19(20-2)21-11-13-7-10-16(23-3)18(25-5)17(13)24-4/h7-10H,6,11-12H2,1-5H3,(H2,20,21,22). The number of nitrogens with one attached hydrogen (secondary N) is 2. The topological polar surface area (TPSA) is 64.1 Å². The molecule has 0 aliphatic heterocycles. The van der Waals surface area contributed by atoms with Crippen LogP contribution in [0.4, 0.5) is 0 Å². The van der Waals surface area contributed by atoms with Crippen LogP contribution < -0.4 is 24.8 Å². The lowest BCUT2D eigenvalue weighted by atomic mass is 10.1. The summed E-state index contributed by atoms with van der Waals surface area (Å²) in [5.41, 5.74) is 0.956. The largest absolute Gasteiger partial charge is 0.493 e. The zero-order valence-corrected chi connectivity index (χ0v) is 16.8. The summed E-state index contributed by atoms with van der Waals surface area (Å²) in [6.45, 7) is 3.46. The van der Waals surface area contributed by atoms with Gasteiger partial charge in [0.25, 0.3) is 0 Å². The van der Waals surface area contributed by atoms with Gasteiger partial charge >= 0.3 is 0 Å². The number of aryl methyl sites for hydroxylation is 1. The van der Waals surface area contributed by atoms with Gasteiger partial charge in [-0.05, 0) is 30.7 Å². The van der Waals surface area contributed by atoms with E-state index in [1.165, 1.54) is 9.75 Å². The van der Waals surface area contributed by atoms with E-state index in [1.54, 1.807) is 28.4 Å². The molecule has 0 bridgehead atoms. The van der Waals surface area contributed by atoms with Gasteiger partial charge in [0.1, 0.15) is 0 Å². The molecule has 0 fully saturated rings. The summed E-state index contributed by atoms with van der Waals surface area (Å²) in [4.78, 5) is 6.95. The molecule has 0 aliphatic carbocycles. The summed E-state index contributed by atoms with van der Waals surface area (Å²) in [5, 5.41) is 6.64. The molecule has 0 saturated heterocycles. The van der Waals surface area contributed by atoms with Crippen molar-refractivity contribution < 1.29 is 14.2 Å². The maximum atomic E-state index is 5.52. The molecule has 6 nitrogen and oxygen atoms in total. The molecule has 0 aliphatic rings. The first kappa shape index (κ1) is 19.9. The van der Waals surface area contributed by atoms with Gasteiger partial charge in [-0.25, -0.2) is 0 Å². The molecule has 0 amide bonds. The van der Waals surface area contributed by atoms with Gasteiger partial charge in [-0.2, -0.15) is 0 Å². The van der Waals surface area contributed by atoms with Crippen molar-refractivity contribution in [3.63, 3.8) is 0 Å². The van der Waals surface area contributed by atoms with Crippen molar-refractivity contribution in [2.75, 3.05) is 28.4 Å². The molecule has 0 atom stereocenters. The lowest BCUT2D eigenvalue weighted by molar-refractivity contribution is 0.322. The maximum Gasteiger partial charge on any atom is 0.203 e. The summed E-state index contributed by atoms with van der Waals surface area (Å²) < 4.78 is 16.3. The van der Waals surface area contributed by atoms with E-state index in [1.807, 2.05) is 23.5 Å². The predicted octanol–water partition coefficient (Wildman–Crippen LogP) is 3.20. The molecule has 2 N–H and O–H groups in total. The van der Waals surface area contributed by atoms with Crippen molar-refractivity contribution in [2.24, 2.45) is 4.99 Å². The van der Waals surface area contributed by atoms with Crippen LogP contribution >= 0.6 is 11.3 Å². The van der Waals surface area contributed by atoms with E-state index in [0.717, 1.165) is 24.5 Å². The SMILES string of the molecule is CCc1ccc(CNC(=NC)NCc2ccc(OC)c(OC)c2OC)s1. The average molecular weight is 378 g/mol. The molecule has 2 rings (SSSR count). The van der Waals surface area contributed by atoms with E-state index in [0.29, 0.717) is 23.8 Å². The second-order valence-corrected chi connectivity index (χ2v) is 6.75. The number of hydrogen-bond donors (Lipinski definition) is 2. The smallest absolute Gasteiger partial charge is 0.203 e. The normalized spacial score (nSPS) is 11.2. The van der Waals surface area contributed by atoms with E-state index in [9.17, 15) is 0 Å². The second-order valence-electron chi connectivity index (χ2n) is 5.49. The zero-order valence-electron chi connectivity index (χ0n) is 16.0. The summed E-state index contributed by atoms with van der Waals surface area (Å²) in [7, 11) is 6.59. The van der Waals surface area contributed by atoms with Crippen LogP contribution in [0.25, 0.3) is 0 Å². The molecule has 26 heavy (non-hydrogen) atoms. The number of ether oxygens (including phenoxy) is 3. The first-order valence-corrected chi connectivity index (χ1v) is 9.28. The third-order valence-corrected chi connectivity index (χ3v) is 5.18. The van der Waals surface area contributed by atoms with Gasteiger partial charge in [0, 0.05) is 28.9 Å². The van der Waals surface area contributed by atoms with Gasteiger partial charge in [0.15, 0.2) is 17.5 Å². The minimum Gasteiger partial charge on any atom is -0.493 e. The Morgan fingerprint density at radius 2 is 1.62 bits per heavy atom. The molecule has 1 heterocycles. The number of guanidine groups is 1. The summed E-state index contributed by atoms with van der Waals surface area (Å²) >= 11 is 1.82. The van der Waals surface area contributed by atoms with E-state index >= 15 is 0 Å². The van der Waals surface area contributed by atoms with Crippen LogP contribution in [0.15, 0.2) is 29.3 Å². The predicted molar refractivity (Wildman–Crippen MR) is 107 cm³/mol. The van der Waals surface area contributed by atoms with E-state index < -0.39 is 0 Å². The summed E-state index contributed by atoms with van der Waals surface area (Å²) in [6, 6.07) is 8.15. The van der Waals surface area contributed by atoms with Crippen LogP contribution in [0.1, 0.15) is 22.2 Å². The van der Waals surface area contributed by atoms with Gasteiger partial charge in [0.05, 0.1) is 27.9 Å². The number of nitrogens with zero attached hydrogens (tertiary/aromatic N) is 1. The Labute approximate surface area is 159 Å². The lowest BCUT2D eigenvalue weighted by Gasteiger charge is -2.17. The number of aliphatic imine (C=N–C) groups is 1. The molecule has 2 aromatic rings. The highest BCUT2D eigenvalue weighted by Gasteiger charge is 2.15. The molecular formula is C19H27N3O3S. The number of hydrogen-bond acceptors (Lipinski definition) is 5. The molecule has 0 spiro atoms. The van der Waals surface area contributed by atoms with Gasteiger partial charge in [-0.3, -0.25) is 4.99 Å². The fourth-order valence-electron chi connectivity index (χ4n) is 2.58. The molecule has 142 valence electrons. The maximum absolute atomic E-state index is 5.52. The Kier molecular flexibility index (Phi) is 7.59. The number of benzene rings is 1. The van der Waals surface area contributed by atoms with Gasteiger partial charge in [-0.15, -0.1) is 11.3 Å². The van der Waals surface area contributed by atoms with Crippen molar-refractivity contribution in [1.29, 1.82) is 0 Å². The molecule has 0 radical (unpaired) electrons. The molecule has 0 unspecified atom stereocenters. The summed E-state index contributed by atoms with van der Waals surface area (Å²) in [5.74, 6) is 2.61.